The van der Waals surface area contributed by atoms with Crippen molar-refractivity contribution in [1.82, 2.24) is 0 Å². The number of hydrogen-bond acceptors (Lipinski definition) is 2. The van der Waals surface area contributed by atoms with Crippen molar-refractivity contribution in [3.8, 4) is 0 Å². The Labute approximate surface area is 92.7 Å². The Morgan fingerprint density at radius 2 is 2.31 bits per heavy atom. The Balaban J connectivity index is 2.71. The van der Waals surface area contributed by atoms with Crippen LogP contribution in [0.15, 0.2) is 29.4 Å². The fraction of sp³-hybridized carbons (Fsp3) is 0.273. The molecule has 0 amide bonds. The van der Waals surface area contributed by atoms with Crippen LogP contribution in [0.5, 0.6) is 0 Å². The summed E-state index contributed by atoms with van der Waals surface area (Å²) in [6.07, 6.45) is 4.08. The van der Waals surface area contributed by atoms with E-state index in [1.165, 1.54) is 12.1 Å². The molecule has 84 valence electrons. The van der Waals surface area contributed by atoms with E-state index in [-0.39, 0.29) is 12.4 Å². The third kappa shape index (κ3) is 3.73. The number of aliphatic hydroxyl groups excluding tert-OH is 1. The van der Waals surface area contributed by atoms with Gasteiger partial charge in [-0.25, -0.2) is 4.39 Å². The highest BCUT2D eigenvalue weighted by Gasteiger charge is 1.99. The molecule has 1 aromatic rings. The summed E-state index contributed by atoms with van der Waals surface area (Å²) in [5, 5.41) is 12.4. The third-order valence-corrected chi connectivity index (χ3v) is 2.03. The summed E-state index contributed by atoms with van der Waals surface area (Å²) in [4.78, 5) is 2.62. The van der Waals surface area contributed by atoms with Gasteiger partial charge in [-0.05, 0) is 35.2 Å². The number of nitrogens with zero attached hydrogens (tertiary/aromatic N) is 3. The van der Waals surface area contributed by atoms with E-state index < -0.39 is 0 Å². The van der Waals surface area contributed by atoms with Crippen molar-refractivity contribution in [1.29, 1.82) is 0 Å². The Bertz CT molecular complexity index is 425. The minimum absolute atomic E-state index is 0.129. The van der Waals surface area contributed by atoms with Crippen molar-refractivity contribution in [3.63, 3.8) is 0 Å². The number of hydrogen-bond donors (Lipinski definition) is 1. The van der Waals surface area contributed by atoms with Crippen LogP contribution >= 0.6 is 0 Å². The molecule has 0 atom stereocenters. The molecule has 0 unspecified atom stereocenters. The fourth-order valence-corrected chi connectivity index (χ4v) is 1.25. The number of halogens is 1. The smallest absolute Gasteiger partial charge is 0.123 e. The van der Waals surface area contributed by atoms with Crippen LogP contribution in [0.3, 0.4) is 0 Å². The van der Waals surface area contributed by atoms with Gasteiger partial charge >= 0.3 is 0 Å². The maximum absolute atomic E-state index is 12.9. The summed E-state index contributed by atoms with van der Waals surface area (Å²) in [5.41, 5.74) is 9.36. The van der Waals surface area contributed by atoms with E-state index in [9.17, 15) is 4.39 Å². The van der Waals surface area contributed by atoms with Crippen LogP contribution in [0.1, 0.15) is 17.5 Å². The van der Waals surface area contributed by atoms with Crippen LogP contribution in [-0.2, 0) is 6.61 Å². The van der Waals surface area contributed by atoms with Gasteiger partial charge in [0.05, 0.1) is 6.61 Å². The van der Waals surface area contributed by atoms with Crippen molar-refractivity contribution in [3.05, 3.63) is 51.7 Å². The second kappa shape index (κ2) is 6.61. The van der Waals surface area contributed by atoms with Gasteiger partial charge in [0.1, 0.15) is 5.82 Å². The second-order valence-electron chi connectivity index (χ2n) is 3.15. The maximum atomic E-state index is 12.9. The predicted octanol–water partition coefficient (Wildman–Crippen LogP) is 3.03. The van der Waals surface area contributed by atoms with E-state index in [1.54, 1.807) is 18.2 Å². The fourth-order valence-electron chi connectivity index (χ4n) is 1.25. The zero-order valence-electron chi connectivity index (χ0n) is 8.67. The van der Waals surface area contributed by atoms with Crippen LogP contribution < -0.4 is 0 Å². The molecule has 0 saturated heterocycles. The highest BCUT2D eigenvalue weighted by atomic mass is 19.1. The molecule has 0 fully saturated rings. The van der Waals surface area contributed by atoms with E-state index in [4.69, 9.17) is 10.6 Å². The molecule has 16 heavy (non-hydrogen) atoms. The van der Waals surface area contributed by atoms with Crippen LogP contribution in [0.25, 0.3) is 16.5 Å². The number of aliphatic hydroxyl groups is 1. The maximum Gasteiger partial charge on any atom is 0.123 e. The lowest BCUT2D eigenvalue weighted by Crippen LogP contribution is -1.89. The van der Waals surface area contributed by atoms with Crippen molar-refractivity contribution in [2.24, 2.45) is 5.11 Å². The minimum atomic E-state index is -0.341. The lowest BCUT2D eigenvalue weighted by Gasteiger charge is -2.02. The van der Waals surface area contributed by atoms with Crippen LogP contribution in [0, 0.1) is 5.82 Å². The molecule has 1 aromatic carbocycles. The second-order valence-corrected chi connectivity index (χ2v) is 3.15. The monoisotopic (exact) mass is 221 g/mol. The van der Waals surface area contributed by atoms with E-state index in [1.807, 2.05) is 0 Å². The molecule has 1 rings (SSSR count). The van der Waals surface area contributed by atoms with E-state index in [0.717, 1.165) is 0 Å². The number of benzene rings is 1. The van der Waals surface area contributed by atoms with Crippen LogP contribution in [0.2, 0.25) is 0 Å². The summed E-state index contributed by atoms with van der Waals surface area (Å²) >= 11 is 0. The Morgan fingerprint density at radius 1 is 1.50 bits per heavy atom. The summed E-state index contributed by atoms with van der Waals surface area (Å²) in [6.45, 7) is 0.243. The molecule has 4 nitrogen and oxygen atoms in total. The van der Waals surface area contributed by atoms with Crippen molar-refractivity contribution in [2.75, 3.05) is 6.54 Å². The van der Waals surface area contributed by atoms with Gasteiger partial charge in [-0.1, -0.05) is 23.3 Å². The predicted molar refractivity (Wildman–Crippen MR) is 60.0 cm³/mol. The molecular weight excluding hydrogens is 209 g/mol. The summed E-state index contributed by atoms with van der Waals surface area (Å²) in [6, 6.07) is 4.21. The van der Waals surface area contributed by atoms with Gasteiger partial charge in [-0.2, -0.15) is 0 Å². The highest BCUT2D eigenvalue weighted by Crippen LogP contribution is 2.13. The zero-order chi connectivity index (χ0) is 11.8. The highest BCUT2D eigenvalue weighted by molar-refractivity contribution is 5.53. The minimum Gasteiger partial charge on any atom is -0.392 e. The first kappa shape index (κ1) is 12.2. The van der Waals surface area contributed by atoms with Gasteiger partial charge in [0.2, 0.25) is 0 Å². The van der Waals surface area contributed by atoms with Crippen molar-refractivity contribution in [2.45, 2.75) is 13.0 Å². The lowest BCUT2D eigenvalue weighted by molar-refractivity contribution is 0.281. The molecule has 0 spiro atoms. The Kier molecular flexibility index (Phi) is 5.05. The van der Waals surface area contributed by atoms with Gasteiger partial charge in [0, 0.05) is 11.5 Å². The standard InChI is InChI=1S/C11H12FN3O/c12-11-5-4-10(8-16)9(7-11)3-1-2-6-14-15-13/h1,3-5,7,16H,2,6,8H2. The van der Waals surface area contributed by atoms with Gasteiger partial charge in [-0.3, -0.25) is 0 Å². The average Bonchev–Trinajstić information content (AvgIpc) is 2.29. The quantitative estimate of drug-likeness (QED) is 0.353. The van der Waals surface area contributed by atoms with Crippen molar-refractivity contribution >= 4 is 6.08 Å². The third-order valence-electron chi connectivity index (χ3n) is 2.03. The topological polar surface area (TPSA) is 69.0 Å². The number of rotatable bonds is 5. The van der Waals surface area contributed by atoms with Crippen molar-refractivity contribution < 1.29 is 9.50 Å². The lowest BCUT2D eigenvalue weighted by atomic mass is 10.1. The normalized spacial score (nSPS) is 10.4. The van der Waals surface area contributed by atoms with Gasteiger partial charge in [-0.15, -0.1) is 0 Å². The van der Waals surface area contributed by atoms with Gasteiger partial charge < -0.3 is 5.11 Å². The average molecular weight is 221 g/mol. The van der Waals surface area contributed by atoms with Crippen LogP contribution in [-0.4, -0.2) is 11.7 Å². The van der Waals surface area contributed by atoms with E-state index in [0.29, 0.717) is 24.1 Å². The molecular formula is C11H12FN3O. The molecule has 5 heteroatoms. The van der Waals surface area contributed by atoms with E-state index in [2.05, 4.69) is 10.0 Å². The molecule has 0 aliphatic heterocycles. The molecule has 0 bridgehead atoms. The molecule has 0 aromatic heterocycles. The van der Waals surface area contributed by atoms with Crippen LogP contribution in [0.4, 0.5) is 4.39 Å². The number of azide groups is 1. The summed E-state index contributed by atoms with van der Waals surface area (Å²) in [7, 11) is 0. The summed E-state index contributed by atoms with van der Waals surface area (Å²) in [5.74, 6) is -0.341. The zero-order valence-corrected chi connectivity index (χ0v) is 8.67. The van der Waals surface area contributed by atoms with E-state index >= 15 is 0 Å². The molecule has 0 aliphatic carbocycles. The Hall–Kier alpha value is -1.84. The first-order chi connectivity index (χ1) is 7.77. The molecule has 0 heterocycles. The Morgan fingerprint density at radius 3 is 3.00 bits per heavy atom. The van der Waals surface area contributed by atoms with Gasteiger partial charge in [0.15, 0.2) is 0 Å². The molecule has 0 saturated carbocycles. The molecule has 0 aliphatic rings. The largest absolute Gasteiger partial charge is 0.392 e. The first-order valence-electron chi connectivity index (χ1n) is 4.84. The SMILES string of the molecule is [N-]=[N+]=NCCC=Cc1cc(F)ccc1CO. The van der Waals surface area contributed by atoms with Gasteiger partial charge in [0.25, 0.3) is 0 Å². The first-order valence-corrected chi connectivity index (χ1v) is 4.84. The summed E-state index contributed by atoms with van der Waals surface area (Å²) < 4.78 is 12.9. The molecule has 1 N–H and O–H groups in total. The molecule has 0 radical (unpaired) electrons.